The largest absolute Gasteiger partial charge is 0.491 e. The first kappa shape index (κ1) is 22.0. The SMILES string of the molecule is CC(C)Oc1cc(-c2ncn(C=CC(=O)OCc3ccccn3)n2)cc(C(F)(F)F)c1. The van der Waals surface area contributed by atoms with Crippen molar-refractivity contribution in [1.82, 2.24) is 19.7 Å². The van der Waals surface area contributed by atoms with E-state index in [-0.39, 0.29) is 29.8 Å². The Balaban J connectivity index is 1.73. The van der Waals surface area contributed by atoms with E-state index in [0.717, 1.165) is 18.2 Å². The Labute approximate surface area is 176 Å². The van der Waals surface area contributed by atoms with Gasteiger partial charge in [0.1, 0.15) is 18.7 Å². The van der Waals surface area contributed by atoms with Gasteiger partial charge in [-0.25, -0.2) is 14.5 Å². The molecule has 0 N–H and O–H groups in total. The summed E-state index contributed by atoms with van der Waals surface area (Å²) in [4.78, 5) is 19.9. The van der Waals surface area contributed by atoms with E-state index >= 15 is 0 Å². The third kappa shape index (κ3) is 6.39. The van der Waals surface area contributed by atoms with E-state index in [1.165, 1.54) is 23.3 Å². The summed E-state index contributed by atoms with van der Waals surface area (Å²) in [6.07, 6.45) is 0.409. The lowest BCUT2D eigenvalue weighted by molar-refractivity contribution is -0.139. The molecule has 2 heterocycles. The summed E-state index contributed by atoms with van der Waals surface area (Å²) in [5.41, 5.74) is -0.141. The highest BCUT2D eigenvalue weighted by Gasteiger charge is 2.32. The fourth-order valence-corrected chi connectivity index (χ4v) is 2.52. The fourth-order valence-electron chi connectivity index (χ4n) is 2.52. The lowest BCUT2D eigenvalue weighted by Gasteiger charge is -2.14. The van der Waals surface area contributed by atoms with Gasteiger partial charge < -0.3 is 9.47 Å². The number of ether oxygens (including phenoxy) is 2. The van der Waals surface area contributed by atoms with Crippen LogP contribution in [0.4, 0.5) is 13.2 Å². The Morgan fingerprint density at radius 2 is 2.00 bits per heavy atom. The minimum absolute atomic E-state index is 0.00941. The molecule has 0 aliphatic carbocycles. The predicted molar refractivity (Wildman–Crippen MR) is 106 cm³/mol. The number of benzene rings is 1. The number of rotatable bonds is 7. The van der Waals surface area contributed by atoms with Crippen molar-refractivity contribution in [3.8, 4) is 17.1 Å². The Hall–Kier alpha value is -3.69. The summed E-state index contributed by atoms with van der Waals surface area (Å²) in [6, 6.07) is 8.53. The molecule has 0 radical (unpaired) electrons. The molecule has 0 saturated heterocycles. The highest BCUT2D eigenvalue weighted by molar-refractivity contribution is 5.84. The first-order chi connectivity index (χ1) is 14.7. The first-order valence-electron chi connectivity index (χ1n) is 9.26. The van der Waals surface area contributed by atoms with Crippen LogP contribution in [0.3, 0.4) is 0 Å². The van der Waals surface area contributed by atoms with Gasteiger partial charge >= 0.3 is 12.1 Å². The normalized spacial score (nSPS) is 11.8. The van der Waals surface area contributed by atoms with Gasteiger partial charge in [0.25, 0.3) is 0 Å². The summed E-state index contributed by atoms with van der Waals surface area (Å²) in [5, 5.41) is 4.09. The Bertz CT molecular complexity index is 1060. The fraction of sp³-hybridized carbons (Fsp3) is 0.238. The van der Waals surface area contributed by atoms with E-state index in [0.29, 0.717) is 5.69 Å². The van der Waals surface area contributed by atoms with Crippen LogP contribution in [0.2, 0.25) is 0 Å². The number of hydrogen-bond donors (Lipinski definition) is 0. The molecule has 162 valence electrons. The highest BCUT2D eigenvalue weighted by atomic mass is 19.4. The zero-order valence-electron chi connectivity index (χ0n) is 16.7. The van der Waals surface area contributed by atoms with Crippen LogP contribution in [0.15, 0.2) is 55.0 Å². The first-order valence-corrected chi connectivity index (χ1v) is 9.26. The second kappa shape index (κ2) is 9.41. The van der Waals surface area contributed by atoms with E-state index in [1.807, 2.05) is 0 Å². The molecular formula is C21H19F3N4O3. The number of carbonyl (C=O) groups is 1. The van der Waals surface area contributed by atoms with Crippen LogP contribution in [0.1, 0.15) is 25.1 Å². The van der Waals surface area contributed by atoms with Gasteiger partial charge in [-0.2, -0.15) is 13.2 Å². The van der Waals surface area contributed by atoms with Gasteiger partial charge in [-0.05, 0) is 44.2 Å². The van der Waals surface area contributed by atoms with E-state index in [9.17, 15) is 18.0 Å². The molecule has 31 heavy (non-hydrogen) atoms. The van der Waals surface area contributed by atoms with E-state index in [1.54, 1.807) is 38.2 Å². The average molecular weight is 432 g/mol. The smallest absolute Gasteiger partial charge is 0.416 e. The molecule has 3 rings (SSSR count). The predicted octanol–water partition coefficient (Wildman–Crippen LogP) is 4.36. The highest BCUT2D eigenvalue weighted by Crippen LogP contribution is 2.35. The summed E-state index contributed by atoms with van der Waals surface area (Å²) < 4.78 is 51.4. The molecule has 3 aromatic rings. The third-order valence-corrected chi connectivity index (χ3v) is 3.82. The Kier molecular flexibility index (Phi) is 6.68. The molecule has 0 saturated carbocycles. The van der Waals surface area contributed by atoms with Crippen molar-refractivity contribution >= 4 is 12.2 Å². The number of halogens is 3. The molecule has 0 bridgehead atoms. The monoisotopic (exact) mass is 432 g/mol. The van der Waals surface area contributed by atoms with E-state index in [4.69, 9.17) is 9.47 Å². The maximum atomic E-state index is 13.2. The van der Waals surface area contributed by atoms with E-state index < -0.39 is 17.7 Å². The maximum Gasteiger partial charge on any atom is 0.416 e. The van der Waals surface area contributed by atoms with Crippen molar-refractivity contribution in [1.29, 1.82) is 0 Å². The molecule has 0 aliphatic heterocycles. The van der Waals surface area contributed by atoms with Gasteiger partial charge in [0.2, 0.25) is 0 Å². The van der Waals surface area contributed by atoms with Gasteiger partial charge in [-0.3, -0.25) is 4.98 Å². The third-order valence-electron chi connectivity index (χ3n) is 3.82. The molecule has 0 aliphatic rings. The van der Waals surface area contributed by atoms with Gasteiger partial charge in [0, 0.05) is 24.0 Å². The van der Waals surface area contributed by atoms with Gasteiger partial charge in [-0.15, -0.1) is 5.10 Å². The average Bonchev–Trinajstić information content (AvgIpc) is 3.19. The second-order valence-corrected chi connectivity index (χ2v) is 6.70. The molecule has 10 heteroatoms. The second-order valence-electron chi connectivity index (χ2n) is 6.70. The summed E-state index contributed by atoms with van der Waals surface area (Å²) in [6.45, 7) is 3.44. The van der Waals surface area contributed by atoms with Gasteiger partial charge in [0.05, 0.1) is 17.4 Å². The van der Waals surface area contributed by atoms with Crippen LogP contribution in [0.5, 0.6) is 5.75 Å². The van der Waals surface area contributed by atoms with Crippen molar-refractivity contribution in [2.24, 2.45) is 0 Å². The van der Waals surface area contributed by atoms with Crippen molar-refractivity contribution in [2.75, 3.05) is 0 Å². The number of hydrogen-bond acceptors (Lipinski definition) is 6. The molecule has 0 amide bonds. The van der Waals surface area contributed by atoms with Crippen molar-refractivity contribution in [3.05, 3.63) is 66.3 Å². The summed E-state index contributed by atoms with van der Waals surface area (Å²) in [5.74, 6) is -0.523. The molecule has 0 spiro atoms. The van der Waals surface area contributed by atoms with Crippen molar-refractivity contribution < 1.29 is 27.4 Å². The van der Waals surface area contributed by atoms with Gasteiger partial charge in [-0.1, -0.05) is 6.07 Å². The molecule has 0 fully saturated rings. The molecule has 7 nitrogen and oxygen atoms in total. The van der Waals surface area contributed by atoms with Gasteiger partial charge in [0.15, 0.2) is 5.82 Å². The lowest BCUT2D eigenvalue weighted by atomic mass is 10.1. The lowest BCUT2D eigenvalue weighted by Crippen LogP contribution is -2.09. The number of alkyl halides is 3. The van der Waals surface area contributed by atoms with Crippen LogP contribution < -0.4 is 4.74 Å². The minimum Gasteiger partial charge on any atom is -0.491 e. The molecule has 0 atom stereocenters. The zero-order valence-corrected chi connectivity index (χ0v) is 16.7. The molecule has 0 unspecified atom stereocenters. The van der Waals surface area contributed by atoms with Crippen LogP contribution in [0.25, 0.3) is 17.6 Å². The number of esters is 1. The van der Waals surface area contributed by atoms with Crippen molar-refractivity contribution in [2.45, 2.75) is 32.7 Å². The molecular weight excluding hydrogens is 413 g/mol. The Morgan fingerprint density at radius 1 is 1.19 bits per heavy atom. The van der Waals surface area contributed by atoms with Crippen molar-refractivity contribution in [3.63, 3.8) is 0 Å². The molecule has 2 aromatic heterocycles. The van der Waals surface area contributed by atoms with Crippen LogP contribution in [0, 0.1) is 0 Å². The standard InChI is InChI=1S/C21H19F3N4O3/c1-14(2)31-18-10-15(9-16(11-18)21(22,23)24)20-26-13-28(27-20)8-6-19(29)30-12-17-5-3-4-7-25-17/h3-11,13-14H,12H2,1-2H3. The number of nitrogens with zero attached hydrogens (tertiary/aromatic N) is 4. The maximum absolute atomic E-state index is 13.2. The number of carbonyl (C=O) groups excluding carboxylic acids is 1. The van der Waals surface area contributed by atoms with Crippen LogP contribution >= 0.6 is 0 Å². The quantitative estimate of drug-likeness (QED) is 0.408. The zero-order chi connectivity index (χ0) is 22.4. The van der Waals surface area contributed by atoms with E-state index in [2.05, 4.69) is 15.1 Å². The number of aromatic nitrogens is 4. The van der Waals surface area contributed by atoms with Crippen LogP contribution in [-0.2, 0) is 22.3 Å². The van der Waals surface area contributed by atoms with Crippen LogP contribution in [-0.4, -0.2) is 31.8 Å². The number of pyridine rings is 1. The molecule has 1 aromatic carbocycles. The Morgan fingerprint density at radius 3 is 2.68 bits per heavy atom. The topological polar surface area (TPSA) is 79.1 Å². The minimum atomic E-state index is -4.55. The summed E-state index contributed by atoms with van der Waals surface area (Å²) in [7, 11) is 0. The summed E-state index contributed by atoms with van der Waals surface area (Å²) >= 11 is 0.